The van der Waals surface area contributed by atoms with E-state index in [-0.39, 0.29) is 0 Å². The minimum Gasteiger partial charge on any atom is -0.497 e. The Balaban J connectivity index is 3.10. The molecule has 0 spiro atoms. The Hall–Kier alpha value is -1.18. The molecule has 0 aromatic heterocycles. The zero-order chi connectivity index (χ0) is 12.1. The Morgan fingerprint density at radius 1 is 1.00 bits per heavy atom. The van der Waals surface area contributed by atoms with Crippen molar-refractivity contribution in [2.24, 2.45) is 5.92 Å². The standard InChI is InChI=1S/C14H22O2/c1-6-14(10(2)3)11-7-12(15-4)9-13(8-11)16-5/h7-10,14H,6H2,1-5H3. The molecule has 0 bridgehead atoms. The quantitative estimate of drug-likeness (QED) is 0.753. The molecule has 0 heterocycles. The summed E-state index contributed by atoms with van der Waals surface area (Å²) in [5, 5.41) is 0. The van der Waals surface area contributed by atoms with E-state index in [0.29, 0.717) is 11.8 Å². The molecule has 0 radical (unpaired) electrons. The molecule has 2 nitrogen and oxygen atoms in total. The normalized spacial score (nSPS) is 12.6. The Kier molecular flexibility index (Phi) is 4.66. The summed E-state index contributed by atoms with van der Waals surface area (Å²) in [5.74, 6) is 2.92. The molecule has 1 atom stereocenters. The van der Waals surface area contributed by atoms with E-state index in [2.05, 4.69) is 32.9 Å². The molecule has 1 aromatic rings. The lowest BCUT2D eigenvalue weighted by molar-refractivity contribution is 0.390. The maximum atomic E-state index is 5.29. The highest BCUT2D eigenvalue weighted by atomic mass is 16.5. The second kappa shape index (κ2) is 5.78. The van der Waals surface area contributed by atoms with Gasteiger partial charge in [-0.05, 0) is 36.0 Å². The van der Waals surface area contributed by atoms with Crippen molar-refractivity contribution in [3.8, 4) is 11.5 Å². The fourth-order valence-corrected chi connectivity index (χ4v) is 2.14. The van der Waals surface area contributed by atoms with Crippen LogP contribution in [0.5, 0.6) is 11.5 Å². The minimum absolute atomic E-state index is 0.559. The largest absolute Gasteiger partial charge is 0.497 e. The van der Waals surface area contributed by atoms with Gasteiger partial charge in [-0.15, -0.1) is 0 Å². The molecule has 0 amide bonds. The van der Waals surface area contributed by atoms with Gasteiger partial charge in [0.25, 0.3) is 0 Å². The highest BCUT2D eigenvalue weighted by Crippen LogP contribution is 2.33. The predicted molar refractivity (Wildman–Crippen MR) is 67.4 cm³/mol. The third-order valence-electron chi connectivity index (χ3n) is 3.05. The van der Waals surface area contributed by atoms with Crippen molar-refractivity contribution < 1.29 is 9.47 Å². The number of hydrogen-bond acceptors (Lipinski definition) is 2. The van der Waals surface area contributed by atoms with Crippen LogP contribution in [0.2, 0.25) is 0 Å². The summed E-state index contributed by atoms with van der Waals surface area (Å²) in [6, 6.07) is 6.13. The SMILES string of the molecule is CCC(c1cc(OC)cc(OC)c1)C(C)C. The van der Waals surface area contributed by atoms with Gasteiger partial charge in [-0.2, -0.15) is 0 Å². The first-order valence-electron chi connectivity index (χ1n) is 5.85. The summed E-state index contributed by atoms with van der Waals surface area (Å²) in [6.45, 7) is 6.72. The maximum absolute atomic E-state index is 5.29. The zero-order valence-corrected chi connectivity index (χ0v) is 10.9. The smallest absolute Gasteiger partial charge is 0.122 e. The van der Waals surface area contributed by atoms with Crippen molar-refractivity contribution in [3.63, 3.8) is 0 Å². The average molecular weight is 222 g/mol. The van der Waals surface area contributed by atoms with Crippen LogP contribution in [-0.2, 0) is 0 Å². The van der Waals surface area contributed by atoms with Crippen LogP contribution in [0.25, 0.3) is 0 Å². The Morgan fingerprint density at radius 3 is 1.81 bits per heavy atom. The van der Waals surface area contributed by atoms with Crippen LogP contribution in [0, 0.1) is 5.92 Å². The number of ether oxygens (including phenoxy) is 2. The van der Waals surface area contributed by atoms with Crippen molar-refractivity contribution >= 4 is 0 Å². The fraction of sp³-hybridized carbons (Fsp3) is 0.571. The van der Waals surface area contributed by atoms with Crippen LogP contribution in [0.3, 0.4) is 0 Å². The summed E-state index contributed by atoms with van der Waals surface area (Å²) in [6.07, 6.45) is 1.13. The Bertz CT molecular complexity index is 309. The van der Waals surface area contributed by atoms with E-state index in [1.807, 2.05) is 6.07 Å². The molecule has 0 N–H and O–H groups in total. The van der Waals surface area contributed by atoms with Crippen molar-refractivity contribution in [2.75, 3.05) is 14.2 Å². The number of benzene rings is 1. The van der Waals surface area contributed by atoms with Gasteiger partial charge in [0.1, 0.15) is 11.5 Å². The second-order valence-electron chi connectivity index (χ2n) is 4.40. The van der Waals surface area contributed by atoms with Gasteiger partial charge in [0, 0.05) is 6.07 Å². The van der Waals surface area contributed by atoms with E-state index in [0.717, 1.165) is 17.9 Å². The van der Waals surface area contributed by atoms with Crippen molar-refractivity contribution in [3.05, 3.63) is 23.8 Å². The van der Waals surface area contributed by atoms with E-state index in [1.54, 1.807) is 14.2 Å². The maximum Gasteiger partial charge on any atom is 0.122 e. The van der Waals surface area contributed by atoms with E-state index in [1.165, 1.54) is 5.56 Å². The molecule has 0 aliphatic heterocycles. The zero-order valence-electron chi connectivity index (χ0n) is 10.9. The molecule has 90 valence electrons. The molecule has 0 fully saturated rings. The summed E-state index contributed by atoms with van der Waals surface area (Å²) < 4.78 is 10.6. The highest BCUT2D eigenvalue weighted by molar-refractivity contribution is 5.40. The molecular weight excluding hydrogens is 200 g/mol. The van der Waals surface area contributed by atoms with Gasteiger partial charge in [-0.3, -0.25) is 0 Å². The lowest BCUT2D eigenvalue weighted by Gasteiger charge is -2.20. The molecule has 1 unspecified atom stereocenters. The van der Waals surface area contributed by atoms with Gasteiger partial charge in [-0.1, -0.05) is 20.8 Å². The summed E-state index contributed by atoms with van der Waals surface area (Å²) in [4.78, 5) is 0. The van der Waals surface area contributed by atoms with Gasteiger partial charge < -0.3 is 9.47 Å². The molecule has 1 rings (SSSR count). The third-order valence-corrected chi connectivity index (χ3v) is 3.05. The molecule has 0 aliphatic carbocycles. The summed E-state index contributed by atoms with van der Waals surface area (Å²) in [5.41, 5.74) is 1.30. The van der Waals surface area contributed by atoms with Gasteiger partial charge in [0.2, 0.25) is 0 Å². The highest BCUT2D eigenvalue weighted by Gasteiger charge is 2.15. The average Bonchev–Trinajstić information content (AvgIpc) is 2.29. The first-order valence-corrected chi connectivity index (χ1v) is 5.85. The van der Waals surface area contributed by atoms with Crippen molar-refractivity contribution in [2.45, 2.75) is 33.1 Å². The molecule has 16 heavy (non-hydrogen) atoms. The van der Waals surface area contributed by atoms with Crippen LogP contribution >= 0.6 is 0 Å². The van der Waals surface area contributed by atoms with E-state index in [9.17, 15) is 0 Å². The molecule has 2 heteroatoms. The third kappa shape index (κ3) is 2.91. The molecule has 1 aromatic carbocycles. The van der Waals surface area contributed by atoms with Gasteiger partial charge in [-0.25, -0.2) is 0 Å². The van der Waals surface area contributed by atoms with Gasteiger partial charge >= 0.3 is 0 Å². The topological polar surface area (TPSA) is 18.5 Å². The minimum atomic E-state index is 0.559. The first kappa shape index (κ1) is 12.9. The molecule has 0 aliphatic rings. The van der Waals surface area contributed by atoms with Crippen molar-refractivity contribution in [1.29, 1.82) is 0 Å². The fourth-order valence-electron chi connectivity index (χ4n) is 2.14. The van der Waals surface area contributed by atoms with Crippen LogP contribution in [0.4, 0.5) is 0 Å². The second-order valence-corrected chi connectivity index (χ2v) is 4.40. The summed E-state index contributed by atoms with van der Waals surface area (Å²) in [7, 11) is 3.38. The van der Waals surface area contributed by atoms with E-state index >= 15 is 0 Å². The predicted octanol–water partition coefficient (Wildman–Crippen LogP) is 3.85. The van der Waals surface area contributed by atoms with Crippen LogP contribution in [0.15, 0.2) is 18.2 Å². The number of methoxy groups -OCH3 is 2. The monoisotopic (exact) mass is 222 g/mol. The molecule has 0 saturated heterocycles. The van der Waals surface area contributed by atoms with Crippen LogP contribution in [-0.4, -0.2) is 14.2 Å². The summed E-state index contributed by atoms with van der Waals surface area (Å²) >= 11 is 0. The lowest BCUT2D eigenvalue weighted by Crippen LogP contribution is -2.06. The van der Waals surface area contributed by atoms with Crippen molar-refractivity contribution in [1.82, 2.24) is 0 Å². The Morgan fingerprint density at radius 2 is 1.50 bits per heavy atom. The molecule has 0 saturated carbocycles. The van der Waals surface area contributed by atoms with Gasteiger partial charge in [0.15, 0.2) is 0 Å². The van der Waals surface area contributed by atoms with E-state index in [4.69, 9.17) is 9.47 Å². The number of hydrogen-bond donors (Lipinski definition) is 0. The lowest BCUT2D eigenvalue weighted by atomic mass is 9.86. The van der Waals surface area contributed by atoms with Gasteiger partial charge in [0.05, 0.1) is 14.2 Å². The first-order chi connectivity index (χ1) is 7.62. The van der Waals surface area contributed by atoms with Crippen LogP contribution in [0.1, 0.15) is 38.7 Å². The van der Waals surface area contributed by atoms with Crippen LogP contribution < -0.4 is 9.47 Å². The van der Waals surface area contributed by atoms with E-state index < -0.39 is 0 Å². The number of rotatable bonds is 5. The molecular formula is C14H22O2. The Labute approximate surface area is 98.6 Å².